The van der Waals surface area contributed by atoms with Gasteiger partial charge in [0.15, 0.2) is 0 Å². The second-order valence-electron chi connectivity index (χ2n) is 5.29. The van der Waals surface area contributed by atoms with Crippen molar-refractivity contribution < 1.29 is 0 Å². The molecule has 0 N–H and O–H groups in total. The summed E-state index contributed by atoms with van der Waals surface area (Å²) in [5, 5.41) is 2.50. The number of pyridine rings is 1. The van der Waals surface area contributed by atoms with Gasteiger partial charge in [-0.2, -0.15) is 0 Å². The molecule has 0 saturated carbocycles. The van der Waals surface area contributed by atoms with Gasteiger partial charge in [-0.05, 0) is 34.0 Å². The minimum Gasteiger partial charge on any atom is -0.256 e. The first kappa shape index (κ1) is 12.8. The van der Waals surface area contributed by atoms with E-state index in [-0.39, 0.29) is 0 Å². The quantitative estimate of drug-likeness (QED) is 0.468. The molecule has 0 spiro atoms. The standard InChI is InChI=1S/C21H15N/c1-2-8-16(9-3-1)18-12-6-10-17-11-7-13-19(21(17)18)20-14-4-5-15-22-20/h1-15H. The number of rotatable bonds is 2. The van der Waals surface area contributed by atoms with Gasteiger partial charge in [0.1, 0.15) is 0 Å². The maximum absolute atomic E-state index is 4.53. The molecule has 22 heavy (non-hydrogen) atoms. The Morgan fingerprint density at radius 1 is 0.545 bits per heavy atom. The van der Waals surface area contributed by atoms with Gasteiger partial charge in [0.2, 0.25) is 0 Å². The number of hydrogen-bond acceptors (Lipinski definition) is 1. The summed E-state index contributed by atoms with van der Waals surface area (Å²) in [5.74, 6) is 0. The molecule has 1 aromatic heterocycles. The third kappa shape index (κ3) is 2.17. The van der Waals surface area contributed by atoms with Crippen molar-refractivity contribution in [3.05, 3.63) is 91.1 Å². The van der Waals surface area contributed by atoms with Crippen LogP contribution < -0.4 is 0 Å². The molecule has 0 fully saturated rings. The molecule has 0 unspecified atom stereocenters. The van der Waals surface area contributed by atoms with Gasteiger partial charge in [-0.15, -0.1) is 0 Å². The van der Waals surface area contributed by atoms with E-state index in [2.05, 4.69) is 71.7 Å². The zero-order chi connectivity index (χ0) is 14.8. The molecule has 0 amide bonds. The monoisotopic (exact) mass is 281 g/mol. The summed E-state index contributed by atoms with van der Waals surface area (Å²) in [7, 11) is 0. The molecular weight excluding hydrogens is 266 g/mol. The summed E-state index contributed by atoms with van der Waals surface area (Å²) in [5.41, 5.74) is 4.67. The fourth-order valence-electron chi connectivity index (χ4n) is 2.93. The topological polar surface area (TPSA) is 12.9 Å². The highest BCUT2D eigenvalue weighted by atomic mass is 14.7. The molecule has 1 heterocycles. The third-order valence-corrected chi connectivity index (χ3v) is 3.93. The van der Waals surface area contributed by atoms with Crippen LogP contribution in [-0.2, 0) is 0 Å². The van der Waals surface area contributed by atoms with Crippen LogP contribution in [0.25, 0.3) is 33.2 Å². The molecule has 0 aliphatic rings. The normalized spacial score (nSPS) is 10.7. The highest BCUT2D eigenvalue weighted by Crippen LogP contribution is 2.35. The molecule has 0 atom stereocenters. The maximum atomic E-state index is 4.53. The average molecular weight is 281 g/mol. The molecule has 1 heteroatoms. The van der Waals surface area contributed by atoms with E-state index in [9.17, 15) is 0 Å². The minimum absolute atomic E-state index is 1.01. The zero-order valence-corrected chi connectivity index (χ0v) is 12.1. The van der Waals surface area contributed by atoms with Crippen LogP contribution in [0.1, 0.15) is 0 Å². The Kier molecular flexibility index (Phi) is 3.17. The Balaban J connectivity index is 2.07. The SMILES string of the molecule is c1ccc(-c2cccc3cccc(-c4ccccn4)c23)cc1. The molecule has 4 rings (SSSR count). The first-order chi connectivity index (χ1) is 10.9. The van der Waals surface area contributed by atoms with E-state index in [0.29, 0.717) is 0 Å². The lowest BCUT2D eigenvalue weighted by Gasteiger charge is -2.11. The van der Waals surface area contributed by atoms with Crippen LogP contribution in [0.5, 0.6) is 0 Å². The summed E-state index contributed by atoms with van der Waals surface area (Å²) in [6, 6.07) is 29.4. The molecule has 4 aromatic rings. The zero-order valence-electron chi connectivity index (χ0n) is 12.1. The fraction of sp³-hybridized carbons (Fsp3) is 0. The van der Waals surface area contributed by atoms with Crippen LogP contribution in [0.3, 0.4) is 0 Å². The van der Waals surface area contributed by atoms with Crippen LogP contribution in [0, 0.1) is 0 Å². The molecule has 1 nitrogen and oxygen atoms in total. The Morgan fingerprint density at radius 2 is 1.27 bits per heavy atom. The smallest absolute Gasteiger partial charge is 0.0708 e. The number of fused-ring (bicyclic) bond motifs is 1. The highest BCUT2D eigenvalue weighted by molar-refractivity contribution is 6.05. The first-order valence-electron chi connectivity index (χ1n) is 7.42. The first-order valence-corrected chi connectivity index (χ1v) is 7.42. The van der Waals surface area contributed by atoms with E-state index in [0.717, 1.165) is 5.69 Å². The summed E-state index contributed by atoms with van der Waals surface area (Å²) in [6.45, 7) is 0. The summed E-state index contributed by atoms with van der Waals surface area (Å²) < 4.78 is 0. The van der Waals surface area contributed by atoms with Gasteiger partial charge in [-0.1, -0.05) is 72.8 Å². The van der Waals surface area contributed by atoms with Crippen molar-refractivity contribution in [2.75, 3.05) is 0 Å². The van der Waals surface area contributed by atoms with Gasteiger partial charge >= 0.3 is 0 Å². The van der Waals surface area contributed by atoms with Gasteiger partial charge in [-0.3, -0.25) is 4.98 Å². The van der Waals surface area contributed by atoms with Crippen molar-refractivity contribution in [3.63, 3.8) is 0 Å². The van der Waals surface area contributed by atoms with Crippen molar-refractivity contribution in [1.29, 1.82) is 0 Å². The summed E-state index contributed by atoms with van der Waals surface area (Å²) in [4.78, 5) is 4.53. The third-order valence-electron chi connectivity index (χ3n) is 3.93. The lowest BCUT2D eigenvalue weighted by atomic mass is 9.93. The predicted molar refractivity (Wildman–Crippen MR) is 92.6 cm³/mol. The summed E-state index contributed by atoms with van der Waals surface area (Å²) in [6.07, 6.45) is 1.85. The van der Waals surface area contributed by atoms with Crippen LogP contribution in [0.4, 0.5) is 0 Å². The van der Waals surface area contributed by atoms with Crippen molar-refractivity contribution in [2.45, 2.75) is 0 Å². The van der Waals surface area contributed by atoms with Crippen LogP contribution >= 0.6 is 0 Å². The van der Waals surface area contributed by atoms with Crippen molar-refractivity contribution >= 4 is 10.8 Å². The Bertz CT molecular complexity index is 838. The Hall–Kier alpha value is -2.93. The number of benzene rings is 3. The van der Waals surface area contributed by atoms with Gasteiger partial charge in [-0.25, -0.2) is 0 Å². The number of nitrogens with zero attached hydrogens (tertiary/aromatic N) is 1. The highest BCUT2D eigenvalue weighted by Gasteiger charge is 2.09. The molecule has 0 aliphatic heterocycles. The van der Waals surface area contributed by atoms with E-state index >= 15 is 0 Å². The second-order valence-corrected chi connectivity index (χ2v) is 5.29. The van der Waals surface area contributed by atoms with Gasteiger partial charge in [0.25, 0.3) is 0 Å². The fourth-order valence-corrected chi connectivity index (χ4v) is 2.93. The van der Waals surface area contributed by atoms with Gasteiger partial charge in [0, 0.05) is 11.8 Å². The second kappa shape index (κ2) is 5.45. The minimum atomic E-state index is 1.01. The maximum Gasteiger partial charge on any atom is 0.0708 e. The molecular formula is C21H15N. The van der Waals surface area contributed by atoms with E-state index in [1.54, 1.807) is 0 Å². The van der Waals surface area contributed by atoms with Crippen molar-refractivity contribution in [3.8, 4) is 22.4 Å². The van der Waals surface area contributed by atoms with Gasteiger partial charge in [0.05, 0.1) is 5.69 Å². The molecule has 104 valence electrons. The van der Waals surface area contributed by atoms with E-state index in [4.69, 9.17) is 0 Å². The van der Waals surface area contributed by atoms with E-state index in [1.807, 2.05) is 24.4 Å². The Morgan fingerprint density at radius 3 is 2.00 bits per heavy atom. The molecule has 3 aromatic carbocycles. The molecule has 0 aliphatic carbocycles. The number of hydrogen-bond donors (Lipinski definition) is 0. The molecule has 0 saturated heterocycles. The summed E-state index contributed by atoms with van der Waals surface area (Å²) >= 11 is 0. The average Bonchev–Trinajstić information content (AvgIpc) is 2.62. The van der Waals surface area contributed by atoms with E-state index < -0.39 is 0 Å². The van der Waals surface area contributed by atoms with Crippen molar-refractivity contribution in [2.24, 2.45) is 0 Å². The molecule has 0 bridgehead atoms. The molecule has 0 radical (unpaired) electrons. The van der Waals surface area contributed by atoms with Crippen LogP contribution in [0.2, 0.25) is 0 Å². The number of aromatic nitrogens is 1. The largest absolute Gasteiger partial charge is 0.256 e. The lowest BCUT2D eigenvalue weighted by molar-refractivity contribution is 1.33. The van der Waals surface area contributed by atoms with Crippen LogP contribution in [-0.4, -0.2) is 4.98 Å². The Labute approximate surface area is 129 Å². The van der Waals surface area contributed by atoms with E-state index in [1.165, 1.54) is 27.5 Å². The van der Waals surface area contributed by atoms with Crippen molar-refractivity contribution in [1.82, 2.24) is 4.98 Å². The van der Waals surface area contributed by atoms with Gasteiger partial charge < -0.3 is 0 Å². The lowest BCUT2D eigenvalue weighted by Crippen LogP contribution is -1.88. The predicted octanol–water partition coefficient (Wildman–Crippen LogP) is 5.57. The van der Waals surface area contributed by atoms with Crippen LogP contribution in [0.15, 0.2) is 91.1 Å².